The number of hydrogen-bond acceptors (Lipinski definition) is 4. The van der Waals surface area contributed by atoms with Gasteiger partial charge in [-0.15, -0.1) is 0 Å². The van der Waals surface area contributed by atoms with Crippen molar-refractivity contribution in [3.63, 3.8) is 0 Å². The van der Waals surface area contributed by atoms with Crippen molar-refractivity contribution < 1.29 is 18.8 Å². The summed E-state index contributed by atoms with van der Waals surface area (Å²) in [5, 5.41) is 0.569. The Kier molecular flexibility index (Phi) is 6.39. The maximum atomic E-state index is 12.5. The average molecular weight is 326 g/mol. The molecule has 0 amide bonds. The van der Waals surface area contributed by atoms with Gasteiger partial charge in [-0.1, -0.05) is 18.2 Å². The first-order valence-electron chi connectivity index (χ1n) is 7.49. The Morgan fingerprint density at radius 3 is 2.18 bits per heavy atom. The SMILES string of the molecule is CC(C)(C)OCC[PH](=O)c1ccccc1C(=O)OC(C)(C)C. The first-order valence-corrected chi connectivity index (χ1v) is 9.11. The van der Waals surface area contributed by atoms with Gasteiger partial charge in [-0.05, 0) is 47.6 Å². The molecule has 1 aromatic rings. The molecular weight excluding hydrogens is 299 g/mol. The largest absolute Gasteiger partial charge is 0.456 e. The second-order valence-corrected chi connectivity index (χ2v) is 9.07. The number of carbonyl (C=O) groups is 1. The molecule has 0 radical (unpaired) electrons. The predicted octanol–water partition coefficient (Wildman–Crippen LogP) is 3.64. The van der Waals surface area contributed by atoms with Gasteiger partial charge in [0.25, 0.3) is 0 Å². The van der Waals surface area contributed by atoms with E-state index in [1.807, 2.05) is 41.5 Å². The second-order valence-electron chi connectivity index (χ2n) is 7.18. The highest BCUT2D eigenvalue weighted by Crippen LogP contribution is 2.24. The van der Waals surface area contributed by atoms with Crippen LogP contribution in [0.4, 0.5) is 0 Å². The van der Waals surface area contributed by atoms with E-state index in [1.165, 1.54) is 0 Å². The molecule has 5 heteroatoms. The van der Waals surface area contributed by atoms with Gasteiger partial charge in [0.05, 0.1) is 17.8 Å². The third-order valence-electron chi connectivity index (χ3n) is 2.71. The van der Waals surface area contributed by atoms with E-state index in [2.05, 4.69) is 0 Å². The lowest BCUT2D eigenvalue weighted by Crippen LogP contribution is -2.27. The minimum atomic E-state index is -2.09. The highest BCUT2D eigenvalue weighted by Gasteiger charge is 2.22. The van der Waals surface area contributed by atoms with Gasteiger partial charge in [-0.3, -0.25) is 0 Å². The summed E-state index contributed by atoms with van der Waals surface area (Å²) >= 11 is 0. The molecule has 1 atom stereocenters. The lowest BCUT2D eigenvalue weighted by Gasteiger charge is -2.21. The van der Waals surface area contributed by atoms with E-state index in [0.717, 1.165) is 0 Å². The number of carbonyl (C=O) groups excluding carboxylic acids is 1. The Labute approximate surface area is 134 Å². The van der Waals surface area contributed by atoms with Gasteiger partial charge < -0.3 is 14.0 Å². The Balaban J connectivity index is 2.83. The number of benzene rings is 1. The number of esters is 1. The molecule has 1 rings (SSSR count). The van der Waals surface area contributed by atoms with E-state index in [-0.39, 0.29) is 5.60 Å². The molecule has 0 aliphatic rings. The van der Waals surface area contributed by atoms with Crippen molar-refractivity contribution in [2.45, 2.75) is 52.7 Å². The van der Waals surface area contributed by atoms with Crippen LogP contribution in [0.3, 0.4) is 0 Å². The molecule has 4 nitrogen and oxygen atoms in total. The Bertz CT molecular complexity index is 538. The molecule has 0 N–H and O–H groups in total. The maximum absolute atomic E-state index is 12.5. The van der Waals surface area contributed by atoms with Gasteiger partial charge in [0, 0.05) is 11.5 Å². The van der Waals surface area contributed by atoms with Crippen LogP contribution in [0.1, 0.15) is 51.9 Å². The lowest BCUT2D eigenvalue weighted by molar-refractivity contribution is 0.00576. The van der Waals surface area contributed by atoms with Crippen LogP contribution in [0.5, 0.6) is 0 Å². The quantitative estimate of drug-likeness (QED) is 0.612. The van der Waals surface area contributed by atoms with Gasteiger partial charge in [-0.2, -0.15) is 0 Å². The lowest BCUT2D eigenvalue weighted by atomic mass is 10.1. The minimum Gasteiger partial charge on any atom is -0.456 e. The summed E-state index contributed by atoms with van der Waals surface area (Å²) in [6.45, 7) is 11.7. The highest BCUT2D eigenvalue weighted by molar-refractivity contribution is 7.53. The van der Waals surface area contributed by atoms with Gasteiger partial charge in [0.15, 0.2) is 0 Å². The number of rotatable bonds is 5. The number of hydrogen-bond donors (Lipinski definition) is 0. The molecule has 124 valence electrons. The molecule has 22 heavy (non-hydrogen) atoms. The van der Waals surface area contributed by atoms with E-state index in [4.69, 9.17) is 9.47 Å². The molecule has 0 spiro atoms. The molecule has 1 unspecified atom stereocenters. The molecule has 0 aliphatic heterocycles. The van der Waals surface area contributed by atoms with Crippen LogP contribution in [0.2, 0.25) is 0 Å². The van der Waals surface area contributed by atoms with Crippen LogP contribution in [-0.2, 0) is 14.0 Å². The average Bonchev–Trinajstić information content (AvgIpc) is 2.35. The molecule has 0 aliphatic carbocycles. The standard InChI is InChI=1S/C17H27O4P/c1-16(2,3)20-11-12-22(19)14-10-8-7-9-13(14)15(18)21-17(4,5)6/h7-10,22H,11-12H2,1-6H3. The highest BCUT2D eigenvalue weighted by atomic mass is 31.1. The van der Waals surface area contributed by atoms with Crippen molar-refractivity contribution in [1.29, 1.82) is 0 Å². The fourth-order valence-corrected chi connectivity index (χ4v) is 3.15. The molecule has 0 saturated heterocycles. The van der Waals surface area contributed by atoms with Gasteiger partial charge in [0.2, 0.25) is 0 Å². The summed E-state index contributed by atoms with van der Waals surface area (Å²) in [4.78, 5) is 12.2. The molecule has 0 bridgehead atoms. The van der Waals surface area contributed by atoms with Crippen LogP contribution in [-0.4, -0.2) is 29.9 Å². The Morgan fingerprint density at radius 2 is 1.64 bits per heavy atom. The van der Waals surface area contributed by atoms with Crippen molar-refractivity contribution in [1.82, 2.24) is 0 Å². The van der Waals surface area contributed by atoms with Crippen molar-refractivity contribution >= 4 is 19.1 Å². The summed E-state index contributed by atoms with van der Waals surface area (Å²) in [7, 11) is -2.09. The van der Waals surface area contributed by atoms with E-state index >= 15 is 0 Å². The molecule has 0 fully saturated rings. The van der Waals surface area contributed by atoms with Gasteiger partial charge >= 0.3 is 5.97 Å². The molecule has 0 heterocycles. The van der Waals surface area contributed by atoms with Crippen molar-refractivity contribution in [3.8, 4) is 0 Å². The van der Waals surface area contributed by atoms with Crippen LogP contribution in [0.15, 0.2) is 24.3 Å². The van der Waals surface area contributed by atoms with Crippen molar-refractivity contribution in [2.75, 3.05) is 12.8 Å². The third kappa shape index (κ3) is 6.76. The van der Waals surface area contributed by atoms with Crippen LogP contribution in [0.25, 0.3) is 0 Å². The summed E-state index contributed by atoms with van der Waals surface area (Å²) in [6.07, 6.45) is 0.418. The number of ether oxygens (including phenoxy) is 2. The zero-order valence-corrected chi connectivity index (χ0v) is 15.4. The predicted molar refractivity (Wildman–Crippen MR) is 90.8 cm³/mol. The topological polar surface area (TPSA) is 52.6 Å². The zero-order valence-electron chi connectivity index (χ0n) is 14.4. The van der Waals surface area contributed by atoms with Crippen molar-refractivity contribution in [3.05, 3.63) is 29.8 Å². The van der Waals surface area contributed by atoms with E-state index < -0.39 is 19.4 Å². The fourth-order valence-electron chi connectivity index (χ4n) is 1.82. The van der Waals surface area contributed by atoms with Crippen LogP contribution >= 0.6 is 7.80 Å². The molecular formula is C17H27O4P. The smallest absolute Gasteiger partial charge is 0.339 e. The van der Waals surface area contributed by atoms with E-state index in [0.29, 0.717) is 23.6 Å². The molecule has 1 aromatic carbocycles. The molecule has 0 saturated carbocycles. The van der Waals surface area contributed by atoms with E-state index in [1.54, 1.807) is 24.3 Å². The summed E-state index contributed by atoms with van der Waals surface area (Å²) < 4.78 is 23.5. The van der Waals surface area contributed by atoms with Gasteiger partial charge in [-0.25, -0.2) is 4.79 Å². The zero-order chi connectivity index (χ0) is 17.0. The van der Waals surface area contributed by atoms with Crippen LogP contribution in [0, 0.1) is 0 Å². The first-order chi connectivity index (χ1) is 9.99. The van der Waals surface area contributed by atoms with Gasteiger partial charge in [0.1, 0.15) is 13.4 Å². The fraction of sp³-hybridized carbons (Fsp3) is 0.588. The normalized spacial score (nSPS) is 13.7. The second kappa shape index (κ2) is 7.43. The summed E-state index contributed by atoms with van der Waals surface area (Å²) in [5.74, 6) is -0.432. The first kappa shape index (κ1) is 18.9. The van der Waals surface area contributed by atoms with E-state index in [9.17, 15) is 9.36 Å². The third-order valence-corrected chi connectivity index (χ3v) is 4.41. The monoisotopic (exact) mass is 326 g/mol. The Morgan fingerprint density at radius 1 is 1.05 bits per heavy atom. The minimum absolute atomic E-state index is 0.257. The Hall–Kier alpha value is -1.12. The molecule has 0 aromatic heterocycles. The maximum Gasteiger partial charge on any atom is 0.339 e. The van der Waals surface area contributed by atoms with Crippen molar-refractivity contribution in [2.24, 2.45) is 0 Å². The summed E-state index contributed by atoms with van der Waals surface area (Å²) in [5.41, 5.74) is -0.445. The van der Waals surface area contributed by atoms with Crippen LogP contribution < -0.4 is 5.30 Å². The summed E-state index contributed by atoms with van der Waals surface area (Å²) in [6, 6.07) is 6.94.